The molecule has 0 aliphatic heterocycles. The highest BCUT2D eigenvalue weighted by atomic mass is 16.5. The summed E-state index contributed by atoms with van der Waals surface area (Å²) in [4.78, 5) is 4.42. The number of nitrogens with zero attached hydrogens (tertiary/aromatic N) is 2. The lowest BCUT2D eigenvalue weighted by atomic mass is 9.96. The average Bonchev–Trinajstić information content (AvgIpc) is 2.77. The monoisotopic (exact) mass is 391 g/mol. The number of hydrogen-bond donors (Lipinski definition) is 1. The fourth-order valence-corrected chi connectivity index (χ4v) is 3.14. The topological polar surface area (TPSA) is 99.6 Å². The van der Waals surface area contributed by atoms with Gasteiger partial charge in [0, 0.05) is 23.3 Å². The minimum absolute atomic E-state index is 0.103. The van der Waals surface area contributed by atoms with E-state index in [2.05, 4.69) is 11.1 Å². The number of nitrogen functional groups attached to an aromatic ring is 1. The number of aromatic nitrogens is 1. The minimum atomic E-state index is 0.103. The molecule has 29 heavy (non-hydrogen) atoms. The Bertz CT molecular complexity index is 1060. The van der Waals surface area contributed by atoms with Crippen LogP contribution in [0.4, 0.5) is 5.82 Å². The molecule has 3 aromatic rings. The number of pyridine rings is 1. The van der Waals surface area contributed by atoms with Crippen molar-refractivity contribution >= 4 is 5.82 Å². The minimum Gasteiger partial charge on any atom is -0.496 e. The molecule has 2 N–H and O–H groups in total. The molecule has 0 saturated carbocycles. The molecular formula is C22H21N3O4. The first-order valence-electron chi connectivity index (χ1n) is 8.72. The van der Waals surface area contributed by atoms with Crippen LogP contribution in [0.5, 0.6) is 23.0 Å². The van der Waals surface area contributed by atoms with Gasteiger partial charge in [-0.15, -0.1) is 0 Å². The molecule has 0 unspecified atom stereocenters. The van der Waals surface area contributed by atoms with Gasteiger partial charge in [-0.1, -0.05) is 12.1 Å². The van der Waals surface area contributed by atoms with Gasteiger partial charge in [0.15, 0.2) is 0 Å². The number of ether oxygens (including phenoxy) is 4. The zero-order chi connectivity index (χ0) is 21.0. The third-order valence-electron chi connectivity index (χ3n) is 4.53. The van der Waals surface area contributed by atoms with E-state index in [-0.39, 0.29) is 11.4 Å². The second kappa shape index (κ2) is 8.40. The zero-order valence-corrected chi connectivity index (χ0v) is 16.6. The van der Waals surface area contributed by atoms with Gasteiger partial charge in [-0.25, -0.2) is 4.98 Å². The van der Waals surface area contributed by atoms with E-state index >= 15 is 0 Å². The van der Waals surface area contributed by atoms with Gasteiger partial charge in [0.2, 0.25) is 0 Å². The van der Waals surface area contributed by atoms with E-state index in [1.54, 1.807) is 32.4 Å². The van der Waals surface area contributed by atoms with Crippen molar-refractivity contribution in [3.63, 3.8) is 0 Å². The molecule has 1 aromatic heterocycles. The highest BCUT2D eigenvalue weighted by Gasteiger charge is 2.22. The van der Waals surface area contributed by atoms with Crippen molar-refractivity contribution < 1.29 is 18.9 Å². The summed E-state index contributed by atoms with van der Waals surface area (Å²) < 4.78 is 21.9. The number of para-hydroxylation sites is 1. The van der Waals surface area contributed by atoms with Crippen LogP contribution in [-0.2, 0) is 0 Å². The van der Waals surface area contributed by atoms with Crippen molar-refractivity contribution in [2.45, 2.75) is 0 Å². The van der Waals surface area contributed by atoms with Crippen LogP contribution in [0, 0.1) is 11.3 Å². The summed E-state index contributed by atoms with van der Waals surface area (Å²) in [5.41, 5.74) is 8.82. The summed E-state index contributed by atoms with van der Waals surface area (Å²) in [7, 11) is 6.21. The first kappa shape index (κ1) is 19.8. The predicted octanol–water partition coefficient (Wildman–Crippen LogP) is 3.90. The molecule has 7 nitrogen and oxygen atoms in total. The number of hydrogen-bond acceptors (Lipinski definition) is 7. The van der Waals surface area contributed by atoms with Gasteiger partial charge in [-0.3, -0.25) is 0 Å². The molecule has 3 rings (SSSR count). The highest BCUT2D eigenvalue weighted by molar-refractivity contribution is 5.87. The number of nitrogens with two attached hydrogens (primary N) is 1. The quantitative estimate of drug-likeness (QED) is 0.680. The SMILES string of the molecule is COc1cc(OC)c(-c2cc(-c3ccccc3OC)nc(N)c2C#N)c(OC)c1. The second-order valence-corrected chi connectivity index (χ2v) is 6.03. The van der Waals surface area contributed by atoms with E-state index < -0.39 is 0 Å². The molecule has 0 fully saturated rings. The summed E-state index contributed by atoms with van der Waals surface area (Å²) in [5.74, 6) is 2.27. The van der Waals surface area contributed by atoms with Crippen LogP contribution in [0.3, 0.4) is 0 Å². The molecule has 0 bridgehead atoms. The Morgan fingerprint density at radius 1 is 0.828 bits per heavy atom. The Morgan fingerprint density at radius 3 is 2.00 bits per heavy atom. The van der Waals surface area contributed by atoms with E-state index in [9.17, 15) is 5.26 Å². The van der Waals surface area contributed by atoms with E-state index in [0.717, 1.165) is 5.56 Å². The highest BCUT2D eigenvalue weighted by Crippen LogP contribution is 2.45. The van der Waals surface area contributed by atoms with E-state index in [1.807, 2.05) is 24.3 Å². The molecule has 0 aliphatic carbocycles. The summed E-state index contributed by atoms with van der Waals surface area (Å²) >= 11 is 0. The normalized spacial score (nSPS) is 10.2. The van der Waals surface area contributed by atoms with E-state index in [1.165, 1.54) is 14.2 Å². The van der Waals surface area contributed by atoms with Gasteiger partial charge in [0.1, 0.15) is 40.4 Å². The molecule has 148 valence electrons. The fourth-order valence-electron chi connectivity index (χ4n) is 3.14. The third-order valence-corrected chi connectivity index (χ3v) is 4.53. The van der Waals surface area contributed by atoms with Crippen LogP contribution in [0.2, 0.25) is 0 Å². The third kappa shape index (κ3) is 3.60. The number of benzene rings is 2. The first-order chi connectivity index (χ1) is 14.1. The lowest BCUT2D eigenvalue weighted by Gasteiger charge is -2.18. The Balaban J connectivity index is 2.36. The number of rotatable bonds is 6. The van der Waals surface area contributed by atoms with Crippen LogP contribution in [0.15, 0.2) is 42.5 Å². The Labute approximate surface area is 169 Å². The van der Waals surface area contributed by atoms with Crippen LogP contribution in [0.25, 0.3) is 22.4 Å². The van der Waals surface area contributed by atoms with Gasteiger partial charge in [-0.2, -0.15) is 5.26 Å². The smallest absolute Gasteiger partial charge is 0.142 e. The maximum Gasteiger partial charge on any atom is 0.142 e. The lowest BCUT2D eigenvalue weighted by Crippen LogP contribution is -2.03. The average molecular weight is 391 g/mol. The number of nitriles is 1. The van der Waals surface area contributed by atoms with Gasteiger partial charge >= 0.3 is 0 Å². The zero-order valence-electron chi connectivity index (χ0n) is 16.6. The van der Waals surface area contributed by atoms with Crippen molar-refractivity contribution in [1.29, 1.82) is 5.26 Å². The molecular weight excluding hydrogens is 370 g/mol. The molecule has 7 heteroatoms. The Hall–Kier alpha value is -3.92. The van der Waals surface area contributed by atoms with Gasteiger partial charge in [0.05, 0.1) is 39.7 Å². The largest absolute Gasteiger partial charge is 0.496 e. The van der Waals surface area contributed by atoms with Gasteiger partial charge in [0.25, 0.3) is 0 Å². The van der Waals surface area contributed by atoms with Crippen LogP contribution in [-0.4, -0.2) is 33.4 Å². The van der Waals surface area contributed by atoms with E-state index in [0.29, 0.717) is 39.8 Å². The van der Waals surface area contributed by atoms with Crippen molar-refractivity contribution in [3.05, 3.63) is 48.0 Å². The second-order valence-electron chi connectivity index (χ2n) is 6.03. The lowest BCUT2D eigenvalue weighted by molar-refractivity contribution is 0.377. The molecule has 0 spiro atoms. The van der Waals surface area contributed by atoms with Gasteiger partial charge in [-0.05, 0) is 18.2 Å². The molecule has 0 saturated heterocycles. The Kier molecular flexibility index (Phi) is 5.74. The first-order valence-corrected chi connectivity index (χ1v) is 8.72. The standard InChI is InChI=1S/C22H21N3O4/c1-26-13-9-19(28-3)21(20(10-13)29-4)15-11-17(25-22(24)16(15)12-23)14-7-5-6-8-18(14)27-2/h5-11H,1-4H3,(H2,24,25). The van der Waals surface area contributed by atoms with Crippen LogP contribution < -0.4 is 24.7 Å². The molecule has 0 atom stereocenters. The molecule has 0 radical (unpaired) electrons. The van der Waals surface area contributed by atoms with Crippen molar-refractivity contribution in [3.8, 4) is 51.5 Å². The summed E-state index contributed by atoms with van der Waals surface area (Å²) in [6.07, 6.45) is 0. The van der Waals surface area contributed by atoms with Crippen molar-refractivity contribution in [2.75, 3.05) is 34.2 Å². The van der Waals surface area contributed by atoms with Gasteiger partial charge < -0.3 is 24.7 Å². The fraction of sp³-hybridized carbons (Fsp3) is 0.182. The molecule has 2 aromatic carbocycles. The van der Waals surface area contributed by atoms with Crippen LogP contribution in [0.1, 0.15) is 5.56 Å². The molecule has 0 amide bonds. The van der Waals surface area contributed by atoms with E-state index in [4.69, 9.17) is 24.7 Å². The maximum atomic E-state index is 9.75. The Morgan fingerprint density at radius 2 is 1.45 bits per heavy atom. The maximum absolute atomic E-state index is 9.75. The summed E-state index contributed by atoms with van der Waals surface area (Å²) in [6, 6.07) is 14.8. The van der Waals surface area contributed by atoms with Crippen molar-refractivity contribution in [1.82, 2.24) is 4.98 Å². The number of anilines is 1. The molecule has 1 heterocycles. The molecule has 0 aliphatic rings. The van der Waals surface area contributed by atoms with Crippen LogP contribution >= 0.6 is 0 Å². The summed E-state index contributed by atoms with van der Waals surface area (Å²) in [6.45, 7) is 0. The van der Waals surface area contributed by atoms with Crippen molar-refractivity contribution in [2.24, 2.45) is 0 Å². The number of methoxy groups -OCH3 is 4. The predicted molar refractivity (Wildman–Crippen MR) is 110 cm³/mol. The summed E-state index contributed by atoms with van der Waals surface area (Å²) in [5, 5.41) is 9.75.